The molecule has 0 saturated carbocycles. The Hall–Kier alpha value is -0.560. The van der Waals surface area contributed by atoms with Gasteiger partial charge in [-0.1, -0.05) is 30.2 Å². The Morgan fingerprint density at radius 3 is 2.33 bits per heavy atom. The minimum absolute atomic E-state index is 0.310. The van der Waals surface area contributed by atoms with Crippen molar-refractivity contribution in [2.45, 2.75) is 53.4 Å². The van der Waals surface area contributed by atoms with Gasteiger partial charge in [-0.3, -0.25) is 0 Å². The Balaban J connectivity index is 3.65. The summed E-state index contributed by atoms with van der Waals surface area (Å²) in [5.74, 6) is 0.437. The smallest absolute Gasteiger partial charge is 0.0456 e. The van der Waals surface area contributed by atoms with Gasteiger partial charge in [-0.2, -0.15) is 0 Å². The van der Waals surface area contributed by atoms with Crippen molar-refractivity contribution in [2.75, 3.05) is 6.61 Å². The Labute approximate surface area is 94.9 Å². The van der Waals surface area contributed by atoms with Crippen LogP contribution in [0.2, 0.25) is 0 Å². The van der Waals surface area contributed by atoms with E-state index in [2.05, 4.69) is 39.8 Å². The third-order valence-corrected chi connectivity index (χ3v) is 2.56. The Morgan fingerprint density at radius 1 is 1.13 bits per heavy atom. The van der Waals surface area contributed by atoms with E-state index in [4.69, 9.17) is 5.11 Å². The molecule has 0 amide bonds. The molecule has 0 saturated heterocycles. The monoisotopic (exact) mass is 210 g/mol. The summed E-state index contributed by atoms with van der Waals surface area (Å²) >= 11 is 0. The van der Waals surface area contributed by atoms with Crippen LogP contribution in [0.1, 0.15) is 53.4 Å². The van der Waals surface area contributed by atoms with Crippen molar-refractivity contribution in [3.63, 3.8) is 0 Å². The molecule has 15 heavy (non-hydrogen) atoms. The predicted octanol–water partition coefficient (Wildman–Crippen LogP) is 4.09. The highest BCUT2D eigenvalue weighted by Gasteiger charge is 1.97. The summed E-state index contributed by atoms with van der Waals surface area (Å²) < 4.78 is 0. The minimum Gasteiger partial charge on any atom is -0.396 e. The van der Waals surface area contributed by atoms with Crippen molar-refractivity contribution < 1.29 is 5.11 Å². The highest BCUT2D eigenvalue weighted by atomic mass is 16.3. The van der Waals surface area contributed by atoms with Crippen molar-refractivity contribution in [3.8, 4) is 0 Å². The SMILES string of the molecule is CC(C)=CCC/C(C)=C\CCC(C)CO. The van der Waals surface area contributed by atoms with Crippen LogP contribution >= 0.6 is 0 Å². The molecule has 0 heterocycles. The standard InChI is InChI=1S/C14H26O/c1-12(2)7-5-8-13(3)9-6-10-14(4)11-15/h7,9,14-15H,5-6,8,10-11H2,1-4H3/b13-9-. The molecule has 0 spiro atoms. The fourth-order valence-electron chi connectivity index (χ4n) is 1.40. The molecule has 1 heteroatoms. The maximum absolute atomic E-state index is 8.87. The molecule has 1 N–H and O–H groups in total. The van der Waals surface area contributed by atoms with Gasteiger partial charge in [-0.15, -0.1) is 0 Å². The van der Waals surface area contributed by atoms with Crippen molar-refractivity contribution in [2.24, 2.45) is 5.92 Å². The summed E-state index contributed by atoms with van der Waals surface area (Å²) in [7, 11) is 0. The molecule has 0 aliphatic rings. The van der Waals surface area contributed by atoms with Crippen LogP contribution < -0.4 is 0 Å². The minimum atomic E-state index is 0.310. The van der Waals surface area contributed by atoms with E-state index < -0.39 is 0 Å². The molecular formula is C14H26O. The van der Waals surface area contributed by atoms with Crippen LogP contribution in [-0.4, -0.2) is 11.7 Å². The number of aliphatic hydroxyl groups excluding tert-OH is 1. The zero-order chi connectivity index (χ0) is 11.7. The van der Waals surface area contributed by atoms with Gasteiger partial charge in [-0.05, 0) is 52.4 Å². The van der Waals surface area contributed by atoms with Crippen molar-refractivity contribution >= 4 is 0 Å². The Kier molecular flexibility index (Phi) is 8.40. The van der Waals surface area contributed by atoms with Crippen molar-refractivity contribution in [1.29, 1.82) is 0 Å². The first-order valence-corrected chi connectivity index (χ1v) is 5.96. The second-order valence-corrected chi connectivity index (χ2v) is 4.74. The van der Waals surface area contributed by atoms with Gasteiger partial charge in [-0.25, -0.2) is 0 Å². The molecule has 0 fully saturated rings. The van der Waals surface area contributed by atoms with Gasteiger partial charge in [0.2, 0.25) is 0 Å². The molecular weight excluding hydrogens is 184 g/mol. The molecule has 0 aromatic carbocycles. The van der Waals surface area contributed by atoms with E-state index >= 15 is 0 Å². The lowest BCUT2D eigenvalue weighted by Crippen LogP contribution is -1.99. The van der Waals surface area contributed by atoms with E-state index in [9.17, 15) is 0 Å². The van der Waals surface area contributed by atoms with Gasteiger partial charge in [0.05, 0.1) is 0 Å². The van der Waals surface area contributed by atoms with Crippen LogP contribution in [0.25, 0.3) is 0 Å². The number of hydrogen-bond donors (Lipinski definition) is 1. The molecule has 0 rings (SSSR count). The summed E-state index contributed by atoms with van der Waals surface area (Å²) in [6.07, 6.45) is 9.11. The predicted molar refractivity (Wildman–Crippen MR) is 67.9 cm³/mol. The third-order valence-electron chi connectivity index (χ3n) is 2.56. The van der Waals surface area contributed by atoms with E-state index in [1.54, 1.807) is 0 Å². The lowest BCUT2D eigenvalue weighted by atomic mass is 10.0. The zero-order valence-electron chi connectivity index (χ0n) is 10.7. The number of hydrogen-bond acceptors (Lipinski definition) is 1. The van der Waals surface area contributed by atoms with Gasteiger partial charge in [0.25, 0.3) is 0 Å². The van der Waals surface area contributed by atoms with Gasteiger partial charge < -0.3 is 5.11 Å². The maximum atomic E-state index is 8.87. The van der Waals surface area contributed by atoms with Crippen LogP contribution in [0.4, 0.5) is 0 Å². The molecule has 1 unspecified atom stereocenters. The summed E-state index contributed by atoms with van der Waals surface area (Å²) in [4.78, 5) is 0. The number of allylic oxidation sites excluding steroid dienone is 4. The lowest BCUT2D eigenvalue weighted by Gasteiger charge is -2.05. The fourth-order valence-corrected chi connectivity index (χ4v) is 1.40. The van der Waals surface area contributed by atoms with E-state index in [-0.39, 0.29) is 0 Å². The molecule has 0 aliphatic heterocycles. The Bertz CT molecular complexity index is 209. The van der Waals surface area contributed by atoms with Crippen LogP contribution in [0.15, 0.2) is 23.3 Å². The van der Waals surface area contributed by atoms with E-state index in [1.165, 1.54) is 17.6 Å². The summed E-state index contributed by atoms with van der Waals surface area (Å²) in [6, 6.07) is 0. The number of aliphatic hydroxyl groups is 1. The van der Waals surface area contributed by atoms with E-state index in [1.807, 2.05) is 0 Å². The number of rotatable bonds is 7. The van der Waals surface area contributed by atoms with E-state index in [0.29, 0.717) is 12.5 Å². The highest BCUT2D eigenvalue weighted by Crippen LogP contribution is 2.11. The van der Waals surface area contributed by atoms with Crippen LogP contribution in [-0.2, 0) is 0 Å². The topological polar surface area (TPSA) is 20.2 Å². The first kappa shape index (κ1) is 14.4. The zero-order valence-corrected chi connectivity index (χ0v) is 10.7. The summed E-state index contributed by atoms with van der Waals surface area (Å²) in [5, 5.41) is 8.87. The largest absolute Gasteiger partial charge is 0.396 e. The van der Waals surface area contributed by atoms with Gasteiger partial charge >= 0.3 is 0 Å². The maximum Gasteiger partial charge on any atom is 0.0456 e. The Morgan fingerprint density at radius 2 is 1.80 bits per heavy atom. The second kappa shape index (κ2) is 8.72. The van der Waals surface area contributed by atoms with E-state index in [0.717, 1.165) is 19.3 Å². The van der Waals surface area contributed by atoms with Gasteiger partial charge in [0.15, 0.2) is 0 Å². The van der Waals surface area contributed by atoms with Crippen LogP contribution in [0, 0.1) is 5.92 Å². The molecule has 0 aromatic heterocycles. The third kappa shape index (κ3) is 9.74. The average molecular weight is 210 g/mol. The quantitative estimate of drug-likeness (QED) is 0.628. The van der Waals surface area contributed by atoms with Crippen molar-refractivity contribution in [3.05, 3.63) is 23.3 Å². The molecule has 0 radical (unpaired) electrons. The second-order valence-electron chi connectivity index (χ2n) is 4.74. The van der Waals surface area contributed by atoms with Crippen molar-refractivity contribution in [1.82, 2.24) is 0 Å². The molecule has 0 bridgehead atoms. The normalized spacial score (nSPS) is 13.8. The average Bonchev–Trinajstić information content (AvgIpc) is 2.17. The van der Waals surface area contributed by atoms with Gasteiger partial charge in [0.1, 0.15) is 0 Å². The molecule has 88 valence electrons. The summed E-state index contributed by atoms with van der Waals surface area (Å²) in [5.41, 5.74) is 2.87. The lowest BCUT2D eigenvalue weighted by molar-refractivity contribution is 0.231. The molecule has 1 atom stereocenters. The van der Waals surface area contributed by atoms with Gasteiger partial charge in [0, 0.05) is 6.61 Å². The molecule has 1 nitrogen and oxygen atoms in total. The fraction of sp³-hybridized carbons (Fsp3) is 0.714. The first-order valence-electron chi connectivity index (χ1n) is 5.96. The molecule has 0 aliphatic carbocycles. The molecule has 0 aromatic rings. The van der Waals surface area contributed by atoms with Crippen LogP contribution in [0.3, 0.4) is 0 Å². The highest BCUT2D eigenvalue weighted by molar-refractivity contribution is 5.02. The first-order chi connectivity index (χ1) is 7.06. The summed E-state index contributed by atoms with van der Waals surface area (Å²) in [6.45, 7) is 8.88. The van der Waals surface area contributed by atoms with Crippen LogP contribution in [0.5, 0.6) is 0 Å².